The largest absolute Gasteiger partial charge is 0.497 e. The zero-order chi connectivity index (χ0) is 19.8. The summed E-state index contributed by atoms with van der Waals surface area (Å²) in [5.74, 6) is 2.68. The van der Waals surface area contributed by atoms with E-state index in [1.165, 1.54) is 5.56 Å². The lowest BCUT2D eigenvalue weighted by molar-refractivity contribution is 0.312. The van der Waals surface area contributed by atoms with E-state index in [4.69, 9.17) is 4.74 Å². The van der Waals surface area contributed by atoms with E-state index >= 15 is 0 Å². The number of nitrogens with one attached hydrogen (secondary N) is 2. The first-order valence-corrected chi connectivity index (χ1v) is 9.64. The number of methoxy groups -OCH3 is 1. The Labute approximate surface area is 167 Å². The molecular formula is C21H30N6O. The van der Waals surface area contributed by atoms with Crippen molar-refractivity contribution in [3.8, 4) is 5.75 Å². The second kappa shape index (κ2) is 9.94. The molecule has 3 rings (SSSR count). The number of pyridine rings is 1. The fourth-order valence-corrected chi connectivity index (χ4v) is 3.08. The van der Waals surface area contributed by atoms with Crippen molar-refractivity contribution in [3.05, 3.63) is 53.7 Å². The SMILES string of the molecule is CN=C(NCc1ccc(OC)cc1)NCc1ccc(N2CCN(C)CC2)nc1. The highest BCUT2D eigenvalue weighted by Crippen LogP contribution is 2.14. The minimum absolute atomic E-state index is 0.679. The zero-order valence-electron chi connectivity index (χ0n) is 17.0. The highest BCUT2D eigenvalue weighted by Gasteiger charge is 2.14. The number of guanidine groups is 1. The molecule has 0 spiro atoms. The maximum atomic E-state index is 5.19. The number of hydrogen-bond acceptors (Lipinski definition) is 5. The third-order valence-corrected chi connectivity index (χ3v) is 4.94. The monoisotopic (exact) mass is 382 g/mol. The Bertz CT molecular complexity index is 751. The number of hydrogen-bond donors (Lipinski definition) is 2. The number of aliphatic imine (C=N–C) groups is 1. The van der Waals surface area contributed by atoms with E-state index in [2.05, 4.69) is 49.6 Å². The molecule has 2 aromatic rings. The number of likely N-dealkylation sites (N-methyl/N-ethyl adjacent to an activating group) is 1. The quantitative estimate of drug-likeness (QED) is 0.586. The van der Waals surface area contributed by atoms with Gasteiger partial charge in [-0.2, -0.15) is 0 Å². The van der Waals surface area contributed by atoms with Crippen molar-refractivity contribution in [2.45, 2.75) is 13.1 Å². The first-order chi connectivity index (χ1) is 13.7. The zero-order valence-corrected chi connectivity index (χ0v) is 17.0. The molecule has 1 aliphatic heterocycles. The lowest BCUT2D eigenvalue weighted by Gasteiger charge is -2.33. The predicted molar refractivity (Wildman–Crippen MR) is 114 cm³/mol. The number of nitrogens with zero attached hydrogens (tertiary/aromatic N) is 4. The van der Waals surface area contributed by atoms with Gasteiger partial charge in [0.25, 0.3) is 0 Å². The normalized spacial score (nSPS) is 15.4. The summed E-state index contributed by atoms with van der Waals surface area (Å²) in [6, 6.07) is 12.2. The van der Waals surface area contributed by atoms with E-state index in [0.717, 1.165) is 49.3 Å². The number of ether oxygens (including phenoxy) is 1. The van der Waals surface area contributed by atoms with E-state index in [0.29, 0.717) is 13.1 Å². The maximum Gasteiger partial charge on any atom is 0.191 e. The maximum absolute atomic E-state index is 5.19. The van der Waals surface area contributed by atoms with Crippen LogP contribution in [0.2, 0.25) is 0 Å². The fourth-order valence-electron chi connectivity index (χ4n) is 3.08. The first-order valence-electron chi connectivity index (χ1n) is 9.64. The molecule has 0 aliphatic carbocycles. The molecule has 1 fully saturated rings. The molecular weight excluding hydrogens is 352 g/mol. The highest BCUT2D eigenvalue weighted by molar-refractivity contribution is 5.79. The summed E-state index contributed by atoms with van der Waals surface area (Å²) in [5.41, 5.74) is 2.30. The predicted octanol–water partition coefficient (Wildman–Crippen LogP) is 1.71. The molecule has 1 saturated heterocycles. The van der Waals surface area contributed by atoms with Crippen LogP contribution in [0.5, 0.6) is 5.75 Å². The second-order valence-electron chi connectivity index (χ2n) is 6.94. The van der Waals surface area contributed by atoms with Gasteiger partial charge in [0.1, 0.15) is 11.6 Å². The lowest BCUT2D eigenvalue weighted by Crippen LogP contribution is -2.44. The van der Waals surface area contributed by atoms with Gasteiger partial charge in [0.05, 0.1) is 7.11 Å². The molecule has 0 bridgehead atoms. The molecule has 0 amide bonds. The van der Waals surface area contributed by atoms with Crippen LogP contribution in [-0.4, -0.2) is 63.2 Å². The number of benzene rings is 1. The molecule has 1 aromatic carbocycles. The van der Waals surface area contributed by atoms with Gasteiger partial charge in [-0.25, -0.2) is 4.98 Å². The molecule has 0 radical (unpaired) electrons. The van der Waals surface area contributed by atoms with Gasteiger partial charge >= 0.3 is 0 Å². The number of aromatic nitrogens is 1. The van der Waals surface area contributed by atoms with E-state index in [1.807, 2.05) is 30.5 Å². The summed E-state index contributed by atoms with van der Waals surface area (Å²) in [6.45, 7) is 5.61. The van der Waals surface area contributed by atoms with Gasteiger partial charge in [-0.3, -0.25) is 4.99 Å². The highest BCUT2D eigenvalue weighted by atomic mass is 16.5. The van der Waals surface area contributed by atoms with Crippen molar-refractivity contribution >= 4 is 11.8 Å². The van der Waals surface area contributed by atoms with Crippen molar-refractivity contribution in [3.63, 3.8) is 0 Å². The summed E-state index contributed by atoms with van der Waals surface area (Å²) in [4.78, 5) is 13.6. The van der Waals surface area contributed by atoms with Crippen molar-refractivity contribution < 1.29 is 4.74 Å². The van der Waals surface area contributed by atoms with E-state index < -0.39 is 0 Å². The van der Waals surface area contributed by atoms with Crippen LogP contribution in [0.4, 0.5) is 5.82 Å². The lowest BCUT2D eigenvalue weighted by atomic mass is 10.2. The Balaban J connectivity index is 1.46. The average Bonchev–Trinajstić information content (AvgIpc) is 2.75. The van der Waals surface area contributed by atoms with Crippen molar-refractivity contribution in [1.82, 2.24) is 20.5 Å². The summed E-state index contributed by atoms with van der Waals surface area (Å²) in [7, 11) is 5.61. The van der Waals surface area contributed by atoms with Crippen LogP contribution in [0.25, 0.3) is 0 Å². The van der Waals surface area contributed by atoms with Crippen LogP contribution < -0.4 is 20.3 Å². The Morgan fingerprint density at radius 1 is 1.00 bits per heavy atom. The van der Waals surface area contributed by atoms with Crippen LogP contribution in [0.3, 0.4) is 0 Å². The Hall–Kier alpha value is -2.80. The molecule has 0 atom stereocenters. The Morgan fingerprint density at radius 3 is 2.21 bits per heavy atom. The van der Waals surface area contributed by atoms with E-state index in [1.54, 1.807) is 14.2 Å². The molecule has 0 saturated carbocycles. The van der Waals surface area contributed by atoms with E-state index in [9.17, 15) is 0 Å². The van der Waals surface area contributed by atoms with Gasteiger partial charge < -0.3 is 25.2 Å². The van der Waals surface area contributed by atoms with E-state index in [-0.39, 0.29) is 0 Å². The molecule has 1 aliphatic rings. The average molecular weight is 383 g/mol. The molecule has 2 heterocycles. The number of anilines is 1. The van der Waals surface area contributed by atoms with Crippen LogP contribution >= 0.6 is 0 Å². The van der Waals surface area contributed by atoms with Crippen LogP contribution in [0.15, 0.2) is 47.6 Å². The molecule has 0 unspecified atom stereocenters. The Morgan fingerprint density at radius 2 is 1.64 bits per heavy atom. The van der Waals surface area contributed by atoms with Crippen LogP contribution in [0.1, 0.15) is 11.1 Å². The smallest absolute Gasteiger partial charge is 0.191 e. The van der Waals surface area contributed by atoms with Crippen LogP contribution in [-0.2, 0) is 13.1 Å². The van der Waals surface area contributed by atoms with Crippen molar-refractivity contribution in [2.24, 2.45) is 4.99 Å². The third kappa shape index (κ3) is 5.60. The third-order valence-electron chi connectivity index (χ3n) is 4.94. The molecule has 7 heteroatoms. The first kappa shape index (κ1) is 19.9. The molecule has 150 valence electrons. The van der Waals surface area contributed by atoms with Gasteiger partial charge in [-0.15, -0.1) is 0 Å². The van der Waals surface area contributed by atoms with Crippen LogP contribution in [0, 0.1) is 0 Å². The topological polar surface area (TPSA) is 65.0 Å². The minimum atomic E-state index is 0.679. The molecule has 1 aromatic heterocycles. The van der Waals surface area contributed by atoms with Gasteiger partial charge in [0.2, 0.25) is 0 Å². The van der Waals surface area contributed by atoms with Gasteiger partial charge in [-0.05, 0) is 36.4 Å². The Kier molecular flexibility index (Phi) is 7.08. The number of piperazine rings is 1. The number of rotatable bonds is 6. The van der Waals surface area contributed by atoms with Gasteiger partial charge in [0, 0.05) is 52.5 Å². The molecule has 7 nitrogen and oxygen atoms in total. The van der Waals surface area contributed by atoms with Crippen molar-refractivity contribution in [2.75, 3.05) is 52.3 Å². The standard InChI is InChI=1S/C21H30N6O/c1-22-21(24-14-17-4-7-19(28-3)8-5-17)25-16-18-6-9-20(23-15-18)27-12-10-26(2)11-13-27/h4-9,15H,10-14,16H2,1-3H3,(H2,22,24,25). The summed E-state index contributed by atoms with van der Waals surface area (Å²) < 4.78 is 5.19. The summed E-state index contributed by atoms with van der Waals surface area (Å²) >= 11 is 0. The minimum Gasteiger partial charge on any atom is -0.497 e. The summed E-state index contributed by atoms with van der Waals surface area (Å²) in [6.07, 6.45) is 1.94. The van der Waals surface area contributed by atoms with Gasteiger partial charge in [-0.1, -0.05) is 18.2 Å². The molecule has 28 heavy (non-hydrogen) atoms. The van der Waals surface area contributed by atoms with Gasteiger partial charge in [0.15, 0.2) is 5.96 Å². The second-order valence-corrected chi connectivity index (χ2v) is 6.94. The molecule has 2 N–H and O–H groups in total. The fraction of sp³-hybridized carbons (Fsp3) is 0.429. The summed E-state index contributed by atoms with van der Waals surface area (Å²) in [5, 5.41) is 6.66. The van der Waals surface area contributed by atoms with Crippen molar-refractivity contribution in [1.29, 1.82) is 0 Å².